The molecule has 0 aliphatic rings. The van der Waals surface area contributed by atoms with Crippen molar-refractivity contribution in [3.05, 3.63) is 56.5 Å². The molecule has 2 N–H and O–H groups in total. The number of nitro groups is 1. The largest absolute Gasteiger partial charge is 0.378 e. The lowest BCUT2D eigenvalue weighted by Gasteiger charge is -2.18. The lowest BCUT2D eigenvalue weighted by molar-refractivity contribution is -0.384. The number of benzene rings is 1. The molecular weight excluding hydrogens is 324 g/mol. The molecule has 0 saturated carbocycles. The lowest BCUT2D eigenvalue weighted by atomic mass is 10.2. The predicted molar refractivity (Wildman–Crippen MR) is 81.6 cm³/mol. The number of nitrogens with two attached hydrogens (primary N) is 1. The fourth-order valence-electron chi connectivity index (χ4n) is 1.77. The summed E-state index contributed by atoms with van der Waals surface area (Å²) in [4.78, 5) is 16.1. The Labute approximate surface area is 124 Å². The van der Waals surface area contributed by atoms with Gasteiger partial charge in [-0.05, 0) is 23.8 Å². The molecule has 2 aromatic rings. The first-order chi connectivity index (χ1) is 9.47. The molecule has 0 aliphatic carbocycles. The Balaban J connectivity index is 2.17. The SMILES string of the molecule is CN(Cc1ccc(Br)cc1)c1ccc([N+](=O)[O-])c(N)n1. The van der Waals surface area contributed by atoms with E-state index in [2.05, 4.69) is 20.9 Å². The van der Waals surface area contributed by atoms with Crippen LogP contribution in [0.25, 0.3) is 0 Å². The average molecular weight is 337 g/mol. The van der Waals surface area contributed by atoms with Crippen molar-refractivity contribution in [3.63, 3.8) is 0 Å². The van der Waals surface area contributed by atoms with Gasteiger partial charge in [0, 0.05) is 24.1 Å². The van der Waals surface area contributed by atoms with E-state index in [1.54, 1.807) is 6.07 Å². The highest BCUT2D eigenvalue weighted by Crippen LogP contribution is 2.23. The maximum absolute atomic E-state index is 10.7. The van der Waals surface area contributed by atoms with Gasteiger partial charge in [-0.1, -0.05) is 28.1 Å². The van der Waals surface area contributed by atoms with Crippen molar-refractivity contribution < 1.29 is 4.92 Å². The first-order valence-corrected chi connectivity index (χ1v) is 6.63. The molecule has 0 bridgehead atoms. The molecule has 0 radical (unpaired) electrons. The summed E-state index contributed by atoms with van der Waals surface area (Å²) in [7, 11) is 1.86. The zero-order valence-corrected chi connectivity index (χ0v) is 12.4. The van der Waals surface area contributed by atoms with E-state index >= 15 is 0 Å². The molecule has 2 rings (SSSR count). The molecule has 0 aliphatic heterocycles. The molecule has 1 aromatic carbocycles. The first kappa shape index (κ1) is 14.3. The van der Waals surface area contributed by atoms with Crippen LogP contribution < -0.4 is 10.6 Å². The minimum Gasteiger partial charge on any atom is -0.378 e. The summed E-state index contributed by atoms with van der Waals surface area (Å²) in [5.74, 6) is 0.520. The van der Waals surface area contributed by atoms with E-state index in [0.717, 1.165) is 10.0 Å². The van der Waals surface area contributed by atoms with Crippen molar-refractivity contribution >= 4 is 33.3 Å². The molecule has 0 atom stereocenters. The maximum atomic E-state index is 10.7. The summed E-state index contributed by atoms with van der Waals surface area (Å²) in [6.07, 6.45) is 0. The van der Waals surface area contributed by atoms with E-state index < -0.39 is 4.92 Å². The number of anilines is 2. The van der Waals surface area contributed by atoms with Crippen molar-refractivity contribution in [2.24, 2.45) is 0 Å². The monoisotopic (exact) mass is 336 g/mol. The number of aromatic nitrogens is 1. The third-order valence-electron chi connectivity index (χ3n) is 2.81. The fourth-order valence-corrected chi connectivity index (χ4v) is 2.03. The van der Waals surface area contributed by atoms with Crippen LogP contribution in [-0.2, 0) is 6.54 Å². The van der Waals surface area contributed by atoms with Gasteiger partial charge in [-0.3, -0.25) is 10.1 Å². The summed E-state index contributed by atoms with van der Waals surface area (Å²) in [6.45, 7) is 0.636. The molecule has 7 heteroatoms. The second-order valence-corrected chi connectivity index (χ2v) is 5.23. The third-order valence-corrected chi connectivity index (χ3v) is 3.34. The van der Waals surface area contributed by atoms with Crippen LogP contribution in [0.3, 0.4) is 0 Å². The summed E-state index contributed by atoms with van der Waals surface area (Å²) < 4.78 is 1.02. The number of hydrogen-bond acceptors (Lipinski definition) is 5. The maximum Gasteiger partial charge on any atom is 0.311 e. The van der Waals surface area contributed by atoms with Gasteiger partial charge in [0.2, 0.25) is 5.82 Å². The van der Waals surface area contributed by atoms with Gasteiger partial charge in [-0.25, -0.2) is 4.98 Å². The Hall–Kier alpha value is -2.15. The summed E-state index contributed by atoms with van der Waals surface area (Å²) in [6, 6.07) is 10.9. The number of halogens is 1. The molecule has 0 spiro atoms. The molecular formula is C13H13BrN4O2. The van der Waals surface area contributed by atoms with Gasteiger partial charge in [-0.15, -0.1) is 0 Å². The second-order valence-electron chi connectivity index (χ2n) is 4.31. The number of rotatable bonds is 4. The molecule has 104 valence electrons. The summed E-state index contributed by atoms with van der Waals surface area (Å²) >= 11 is 3.38. The molecule has 6 nitrogen and oxygen atoms in total. The van der Waals surface area contributed by atoms with Gasteiger partial charge >= 0.3 is 5.69 Å². The van der Waals surface area contributed by atoms with Crippen LogP contribution in [-0.4, -0.2) is 17.0 Å². The Kier molecular flexibility index (Phi) is 4.19. The highest BCUT2D eigenvalue weighted by Gasteiger charge is 2.14. The minimum atomic E-state index is -0.541. The smallest absolute Gasteiger partial charge is 0.311 e. The Morgan fingerprint density at radius 3 is 2.50 bits per heavy atom. The van der Waals surface area contributed by atoms with Crippen molar-refractivity contribution in [1.29, 1.82) is 0 Å². The highest BCUT2D eigenvalue weighted by molar-refractivity contribution is 9.10. The van der Waals surface area contributed by atoms with E-state index in [4.69, 9.17) is 5.73 Å². The zero-order chi connectivity index (χ0) is 14.7. The highest BCUT2D eigenvalue weighted by atomic mass is 79.9. The Morgan fingerprint density at radius 2 is 1.95 bits per heavy atom. The summed E-state index contributed by atoms with van der Waals surface area (Å²) in [5, 5.41) is 10.7. The topological polar surface area (TPSA) is 85.3 Å². The van der Waals surface area contributed by atoms with Crippen LogP contribution in [0.2, 0.25) is 0 Å². The molecule has 0 fully saturated rings. The average Bonchev–Trinajstić information content (AvgIpc) is 2.40. The van der Waals surface area contributed by atoms with Crippen molar-refractivity contribution in [3.8, 4) is 0 Å². The van der Waals surface area contributed by atoms with Gasteiger partial charge in [0.15, 0.2) is 0 Å². The van der Waals surface area contributed by atoms with Crippen LogP contribution in [0.4, 0.5) is 17.3 Å². The lowest BCUT2D eigenvalue weighted by Crippen LogP contribution is -2.18. The number of hydrogen-bond donors (Lipinski definition) is 1. The predicted octanol–water partition coefficient (Wildman–Crippen LogP) is 2.97. The van der Waals surface area contributed by atoms with Gasteiger partial charge < -0.3 is 10.6 Å². The van der Waals surface area contributed by atoms with Crippen molar-refractivity contribution in [1.82, 2.24) is 4.98 Å². The molecule has 1 aromatic heterocycles. The molecule has 0 amide bonds. The normalized spacial score (nSPS) is 10.3. The molecule has 0 unspecified atom stereocenters. The zero-order valence-electron chi connectivity index (χ0n) is 10.8. The van der Waals surface area contributed by atoms with E-state index in [1.165, 1.54) is 6.07 Å². The molecule has 0 saturated heterocycles. The van der Waals surface area contributed by atoms with Gasteiger partial charge in [-0.2, -0.15) is 0 Å². The Morgan fingerprint density at radius 1 is 1.30 bits per heavy atom. The Bertz CT molecular complexity index is 631. The van der Waals surface area contributed by atoms with Crippen LogP contribution in [0, 0.1) is 10.1 Å². The molecule has 1 heterocycles. The van der Waals surface area contributed by atoms with Crippen LogP contribution in [0.1, 0.15) is 5.56 Å². The van der Waals surface area contributed by atoms with E-state index in [9.17, 15) is 10.1 Å². The minimum absolute atomic E-state index is 0.0739. The van der Waals surface area contributed by atoms with Gasteiger partial charge in [0.25, 0.3) is 0 Å². The van der Waals surface area contributed by atoms with Crippen LogP contribution >= 0.6 is 15.9 Å². The van der Waals surface area contributed by atoms with Crippen LogP contribution in [0.15, 0.2) is 40.9 Å². The summed E-state index contributed by atoms with van der Waals surface area (Å²) in [5.41, 5.74) is 6.52. The van der Waals surface area contributed by atoms with E-state index in [-0.39, 0.29) is 11.5 Å². The second kappa shape index (κ2) is 5.87. The number of nitrogens with zero attached hydrogens (tertiary/aromatic N) is 3. The van der Waals surface area contributed by atoms with Gasteiger partial charge in [0.1, 0.15) is 5.82 Å². The number of nitrogen functional groups attached to an aromatic ring is 1. The number of pyridine rings is 1. The van der Waals surface area contributed by atoms with Crippen LogP contribution in [0.5, 0.6) is 0 Å². The van der Waals surface area contributed by atoms with Gasteiger partial charge in [0.05, 0.1) is 4.92 Å². The first-order valence-electron chi connectivity index (χ1n) is 5.84. The van der Waals surface area contributed by atoms with E-state index in [1.807, 2.05) is 36.2 Å². The third kappa shape index (κ3) is 3.24. The molecule has 20 heavy (non-hydrogen) atoms. The fraction of sp³-hybridized carbons (Fsp3) is 0.154. The van der Waals surface area contributed by atoms with E-state index in [0.29, 0.717) is 12.4 Å². The van der Waals surface area contributed by atoms with Crippen molar-refractivity contribution in [2.45, 2.75) is 6.54 Å². The quantitative estimate of drug-likeness (QED) is 0.685. The van der Waals surface area contributed by atoms with Crippen molar-refractivity contribution in [2.75, 3.05) is 17.7 Å². The standard InChI is InChI=1S/C13H13BrN4O2/c1-17(8-9-2-4-10(14)5-3-9)12-7-6-11(18(19)20)13(15)16-12/h2-7H,8H2,1H3,(H2,15,16).